The third-order valence-electron chi connectivity index (χ3n) is 4.29. The van der Waals surface area contributed by atoms with Gasteiger partial charge in [-0.15, -0.1) is 0 Å². The van der Waals surface area contributed by atoms with Gasteiger partial charge in [0.1, 0.15) is 6.04 Å². The number of carboxylic acid groups (broad SMARTS) is 1. The van der Waals surface area contributed by atoms with Crippen molar-refractivity contribution in [2.75, 3.05) is 11.5 Å². The Bertz CT molecular complexity index is 947. The Hall–Kier alpha value is -2.02. The van der Waals surface area contributed by atoms with Gasteiger partial charge in [-0.3, -0.25) is 4.79 Å². The average Bonchev–Trinajstić information content (AvgIpc) is 3.14. The van der Waals surface area contributed by atoms with E-state index in [1.165, 1.54) is 0 Å². The van der Waals surface area contributed by atoms with Gasteiger partial charge >= 0.3 is 12.1 Å². The minimum Gasteiger partial charge on any atom is -0.480 e. The molecule has 160 valence electrons. The molecule has 2 aromatic rings. The first-order valence-corrected chi connectivity index (χ1v) is 11.0. The zero-order valence-electron chi connectivity index (χ0n) is 15.0. The molecule has 0 saturated carbocycles. The monoisotopic (exact) mass is 452 g/mol. The number of aliphatic hydroxyl groups is 1. The number of aromatic nitrogens is 1. The molecule has 7 nitrogen and oxygen atoms in total. The first-order chi connectivity index (χ1) is 13.4. The number of nitrogens with zero attached hydrogens (tertiary/aromatic N) is 1. The quantitative estimate of drug-likeness (QED) is 0.531. The van der Waals surface area contributed by atoms with Gasteiger partial charge in [-0.05, 0) is 29.6 Å². The highest BCUT2D eigenvalue weighted by Gasteiger charge is 2.56. The predicted octanol–water partition coefficient (Wildman–Crippen LogP) is 2.17. The Morgan fingerprint density at radius 2 is 1.83 bits per heavy atom. The highest BCUT2D eigenvalue weighted by molar-refractivity contribution is 7.91. The van der Waals surface area contributed by atoms with Crippen LogP contribution in [0.5, 0.6) is 0 Å². The number of aliphatic carboxylic acids is 1. The highest BCUT2D eigenvalue weighted by Crippen LogP contribution is 2.43. The fraction of sp³-hybridized carbons (Fsp3) is 0.412. The Labute approximate surface area is 169 Å². The van der Waals surface area contributed by atoms with Gasteiger partial charge in [0.25, 0.3) is 0 Å². The van der Waals surface area contributed by atoms with Gasteiger partial charge in [-0.1, -0.05) is 30.3 Å². The van der Waals surface area contributed by atoms with Crippen LogP contribution in [0.4, 0.5) is 13.2 Å². The lowest BCUT2D eigenvalue weighted by Crippen LogP contribution is -2.44. The second-order valence-electron chi connectivity index (χ2n) is 6.44. The molecule has 12 heteroatoms. The second kappa shape index (κ2) is 8.78. The summed E-state index contributed by atoms with van der Waals surface area (Å²) in [4.78, 5) is 11.0. The van der Waals surface area contributed by atoms with Crippen molar-refractivity contribution in [3.63, 3.8) is 0 Å². The van der Waals surface area contributed by atoms with E-state index >= 15 is 0 Å². The molecule has 0 aliphatic rings. The molecule has 2 rings (SSSR count). The van der Waals surface area contributed by atoms with Crippen molar-refractivity contribution in [2.45, 2.75) is 30.7 Å². The summed E-state index contributed by atoms with van der Waals surface area (Å²) >= 11 is 0.755. The minimum absolute atomic E-state index is 0.388. The van der Waals surface area contributed by atoms with Crippen LogP contribution >= 0.6 is 11.5 Å². The Kier molecular flexibility index (Phi) is 7.04. The number of sulfone groups is 1. The molecule has 0 amide bonds. The molecule has 0 saturated heterocycles. The summed E-state index contributed by atoms with van der Waals surface area (Å²) in [6.07, 6.45) is -6.78. The van der Waals surface area contributed by atoms with E-state index in [0.717, 1.165) is 17.6 Å². The van der Waals surface area contributed by atoms with Crippen molar-refractivity contribution in [2.24, 2.45) is 5.73 Å². The lowest BCUT2D eigenvalue weighted by atomic mass is 9.95. The number of alkyl halides is 3. The van der Waals surface area contributed by atoms with Gasteiger partial charge in [0, 0.05) is 6.42 Å². The number of hydrogen-bond donors (Lipinski definition) is 3. The topological polar surface area (TPSA) is 131 Å². The Balaban J connectivity index is 2.21. The normalized spacial score (nSPS) is 15.6. The van der Waals surface area contributed by atoms with E-state index in [4.69, 9.17) is 10.8 Å². The van der Waals surface area contributed by atoms with Crippen molar-refractivity contribution in [3.8, 4) is 10.4 Å². The number of carboxylic acids is 1. The van der Waals surface area contributed by atoms with Crippen molar-refractivity contribution >= 4 is 27.3 Å². The number of benzene rings is 1. The largest absolute Gasteiger partial charge is 0.480 e. The van der Waals surface area contributed by atoms with Crippen LogP contribution in [0.3, 0.4) is 0 Å². The number of hydrogen-bond acceptors (Lipinski definition) is 7. The van der Waals surface area contributed by atoms with Gasteiger partial charge in [0.05, 0.1) is 22.1 Å². The third kappa shape index (κ3) is 5.75. The molecule has 4 N–H and O–H groups in total. The zero-order chi connectivity index (χ0) is 21.9. The van der Waals surface area contributed by atoms with E-state index in [9.17, 15) is 31.5 Å². The van der Waals surface area contributed by atoms with Crippen LogP contribution in [0.2, 0.25) is 0 Å². The molecule has 1 aromatic heterocycles. The highest BCUT2D eigenvalue weighted by atomic mass is 32.2. The van der Waals surface area contributed by atoms with Crippen LogP contribution in [-0.4, -0.2) is 52.7 Å². The molecule has 0 spiro atoms. The van der Waals surface area contributed by atoms with Gasteiger partial charge in [-0.2, -0.15) is 17.5 Å². The van der Waals surface area contributed by atoms with Crippen LogP contribution in [0.1, 0.15) is 18.5 Å². The third-order valence-corrected chi connectivity index (χ3v) is 6.82. The van der Waals surface area contributed by atoms with Gasteiger partial charge in [0.15, 0.2) is 9.84 Å². The minimum atomic E-state index is -5.16. The van der Waals surface area contributed by atoms with E-state index in [0.29, 0.717) is 10.4 Å². The molecule has 0 bridgehead atoms. The number of carbonyl (C=O) groups is 1. The Morgan fingerprint density at radius 3 is 2.38 bits per heavy atom. The maximum atomic E-state index is 13.6. The van der Waals surface area contributed by atoms with E-state index in [1.54, 1.807) is 30.3 Å². The van der Waals surface area contributed by atoms with Crippen LogP contribution in [0, 0.1) is 0 Å². The Morgan fingerprint density at radius 1 is 1.21 bits per heavy atom. The van der Waals surface area contributed by atoms with Crippen LogP contribution in [-0.2, 0) is 20.2 Å². The molecule has 1 aromatic carbocycles. The fourth-order valence-corrected chi connectivity index (χ4v) is 4.69. The van der Waals surface area contributed by atoms with Crippen LogP contribution in [0.25, 0.3) is 10.4 Å². The molecule has 0 aliphatic carbocycles. The number of halogens is 3. The lowest BCUT2D eigenvalue weighted by Gasteiger charge is -2.28. The maximum absolute atomic E-state index is 13.6. The van der Waals surface area contributed by atoms with E-state index in [2.05, 4.69) is 4.37 Å². The van der Waals surface area contributed by atoms with E-state index in [-0.39, 0.29) is 0 Å². The zero-order valence-corrected chi connectivity index (χ0v) is 16.6. The van der Waals surface area contributed by atoms with Crippen molar-refractivity contribution in [3.05, 3.63) is 42.1 Å². The molecule has 1 unspecified atom stereocenters. The first kappa shape index (κ1) is 23.3. The van der Waals surface area contributed by atoms with Crippen molar-refractivity contribution in [1.29, 1.82) is 0 Å². The maximum Gasteiger partial charge on any atom is 0.423 e. The molecule has 1 heterocycles. The fourth-order valence-electron chi connectivity index (χ4n) is 2.46. The van der Waals surface area contributed by atoms with Crippen LogP contribution < -0.4 is 5.73 Å². The first-order valence-electron chi connectivity index (χ1n) is 8.36. The average molecular weight is 452 g/mol. The molecule has 2 atom stereocenters. The summed E-state index contributed by atoms with van der Waals surface area (Å²) in [5.74, 6) is -3.13. The predicted molar refractivity (Wildman–Crippen MR) is 101 cm³/mol. The molecular formula is C17H19F3N2O5S2. The molecular weight excluding hydrogens is 433 g/mol. The summed E-state index contributed by atoms with van der Waals surface area (Å²) < 4.78 is 68.7. The van der Waals surface area contributed by atoms with Gasteiger partial charge in [-0.25, -0.2) is 8.42 Å². The van der Waals surface area contributed by atoms with Gasteiger partial charge in [0.2, 0.25) is 5.60 Å². The smallest absolute Gasteiger partial charge is 0.423 e. The molecule has 0 aliphatic heterocycles. The van der Waals surface area contributed by atoms with Crippen LogP contribution in [0.15, 0.2) is 36.4 Å². The summed E-state index contributed by atoms with van der Waals surface area (Å²) in [5.41, 5.74) is 1.68. The molecule has 0 radical (unpaired) electrons. The number of rotatable bonds is 9. The van der Waals surface area contributed by atoms with E-state index in [1.807, 2.05) is 0 Å². The summed E-state index contributed by atoms with van der Waals surface area (Å²) in [6, 6.07) is 8.09. The lowest BCUT2D eigenvalue weighted by molar-refractivity contribution is -0.268. The SMILES string of the molecule is N[C@@H](CCS(=O)(=O)CCC(O)(c1cc(-c2ccccc2)sn1)C(F)(F)F)C(=O)O. The van der Waals surface area contributed by atoms with Crippen molar-refractivity contribution < 1.29 is 36.6 Å². The molecule has 29 heavy (non-hydrogen) atoms. The standard InChI is InChI=1S/C17H19F3N2O5S2/c18-17(19,20)16(25,7-9-29(26,27)8-6-12(21)15(23)24)14-10-13(28-22-14)11-4-2-1-3-5-11/h1-5,10,12,25H,6-9,21H2,(H,23,24)/t12-,16?/m0/s1. The second-order valence-corrected chi connectivity index (χ2v) is 9.54. The van der Waals surface area contributed by atoms with Gasteiger partial charge < -0.3 is 15.9 Å². The summed E-state index contributed by atoms with van der Waals surface area (Å²) in [6.45, 7) is 0. The van der Waals surface area contributed by atoms with Crippen molar-refractivity contribution in [1.82, 2.24) is 4.37 Å². The molecule has 0 fully saturated rings. The summed E-state index contributed by atoms with van der Waals surface area (Å²) in [7, 11) is -4.08. The van der Waals surface area contributed by atoms with E-state index < -0.39 is 63.7 Å². The number of nitrogens with two attached hydrogens (primary N) is 1. The summed E-state index contributed by atoms with van der Waals surface area (Å²) in [5, 5.41) is 19.0.